The first-order valence-electron chi connectivity index (χ1n) is 7.83. The number of rotatable bonds is 7. The van der Waals surface area contributed by atoms with E-state index in [-0.39, 0.29) is 16.3 Å². The standard InChI is InChI=1S/C16H24ClFN2O4S/c1-5-11(9-14(16(2,3)4)19-15(21)22)20-25(23,24)13-7-6-10(18)8-12(13)17/h6-8,11,14,19-20H,5,9H2,1-4H3,(H,21,22). The molecule has 3 N–H and O–H groups in total. The Balaban J connectivity index is 3.01. The summed E-state index contributed by atoms with van der Waals surface area (Å²) in [5, 5.41) is 11.2. The van der Waals surface area contributed by atoms with Crippen molar-refractivity contribution in [2.24, 2.45) is 5.41 Å². The number of halogens is 2. The van der Waals surface area contributed by atoms with Crippen LogP contribution in [0.15, 0.2) is 23.1 Å². The summed E-state index contributed by atoms with van der Waals surface area (Å²) in [4.78, 5) is 10.8. The van der Waals surface area contributed by atoms with Crippen molar-refractivity contribution in [1.29, 1.82) is 0 Å². The third-order valence-corrected chi connectivity index (χ3v) is 5.86. The van der Waals surface area contributed by atoms with Gasteiger partial charge in [-0.25, -0.2) is 22.3 Å². The van der Waals surface area contributed by atoms with Crippen LogP contribution in [-0.2, 0) is 10.0 Å². The summed E-state index contributed by atoms with van der Waals surface area (Å²) in [6.07, 6.45) is -0.449. The van der Waals surface area contributed by atoms with Crippen molar-refractivity contribution >= 4 is 27.7 Å². The Labute approximate surface area is 152 Å². The van der Waals surface area contributed by atoms with Crippen molar-refractivity contribution in [3.05, 3.63) is 29.0 Å². The number of benzene rings is 1. The smallest absolute Gasteiger partial charge is 0.404 e. The quantitative estimate of drug-likeness (QED) is 0.658. The lowest BCUT2D eigenvalue weighted by molar-refractivity contribution is 0.169. The van der Waals surface area contributed by atoms with E-state index in [0.717, 1.165) is 18.2 Å². The molecule has 2 atom stereocenters. The Morgan fingerprint density at radius 2 is 1.96 bits per heavy atom. The Kier molecular flexibility index (Phi) is 7.22. The molecule has 0 aliphatic heterocycles. The van der Waals surface area contributed by atoms with E-state index in [0.29, 0.717) is 6.42 Å². The molecule has 0 aliphatic rings. The molecule has 142 valence electrons. The summed E-state index contributed by atoms with van der Waals surface area (Å²) in [6, 6.07) is 2.08. The predicted molar refractivity (Wildman–Crippen MR) is 94.8 cm³/mol. The topological polar surface area (TPSA) is 95.5 Å². The second kappa shape index (κ2) is 8.33. The molecule has 2 unspecified atom stereocenters. The summed E-state index contributed by atoms with van der Waals surface area (Å²) in [5.74, 6) is -0.630. The van der Waals surface area contributed by atoms with Gasteiger partial charge in [0.05, 0.1) is 5.02 Å². The first kappa shape index (κ1) is 21.7. The number of carbonyl (C=O) groups is 1. The first-order valence-corrected chi connectivity index (χ1v) is 9.69. The van der Waals surface area contributed by atoms with Crippen LogP contribution in [0.5, 0.6) is 0 Å². The number of sulfonamides is 1. The van der Waals surface area contributed by atoms with Gasteiger partial charge in [0.2, 0.25) is 10.0 Å². The monoisotopic (exact) mass is 394 g/mol. The molecule has 1 amide bonds. The van der Waals surface area contributed by atoms with Gasteiger partial charge < -0.3 is 10.4 Å². The van der Waals surface area contributed by atoms with Gasteiger partial charge in [-0.1, -0.05) is 39.3 Å². The molecule has 1 rings (SSSR count). The molecule has 0 aliphatic carbocycles. The van der Waals surface area contributed by atoms with Crippen LogP contribution in [0, 0.1) is 11.2 Å². The number of hydrogen-bond acceptors (Lipinski definition) is 3. The van der Waals surface area contributed by atoms with Crippen molar-refractivity contribution < 1.29 is 22.7 Å². The Hall–Kier alpha value is -1.38. The zero-order valence-corrected chi connectivity index (χ0v) is 16.2. The largest absolute Gasteiger partial charge is 0.465 e. The normalized spacial score (nSPS) is 14.8. The molecular formula is C16H24ClFN2O4S. The molecule has 0 spiro atoms. The second-order valence-electron chi connectivity index (χ2n) is 6.91. The molecule has 6 nitrogen and oxygen atoms in total. The summed E-state index contributed by atoms with van der Waals surface area (Å²) in [7, 11) is -3.96. The van der Waals surface area contributed by atoms with Crippen LogP contribution in [0.2, 0.25) is 5.02 Å². The van der Waals surface area contributed by atoms with Gasteiger partial charge in [0.25, 0.3) is 0 Å². The summed E-state index contributed by atoms with van der Waals surface area (Å²) in [5.41, 5.74) is -0.398. The number of nitrogens with one attached hydrogen (secondary N) is 2. The highest BCUT2D eigenvalue weighted by Gasteiger charge is 2.31. The van der Waals surface area contributed by atoms with E-state index < -0.39 is 39.4 Å². The fourth-order valence-electron chi connectivity index (χ4n) is 2.34. The third kappa shape index (κ3) is 6.45. The maximum absolute atomic E-state index is 13.1. The maximum Gasteiger partial charge on any atom is 0.404 e. The van der Waals surface area contributed by atoms with Crippen LogP contribution in [0.1, 0.15) is 40.5 Å². The average molecular weight is 395 g/mol. The van der Waals surface area contributed by atoms with E-state index >= 15 is 0 Å². The Morgan fingerprint density at radius 1 is 1.36 bits per heavy atom. The van der Waals surface area contributed by atoms with Crippen LogP contribution < -0.4 is 10.0 Å². The third-order valence-electron chi connectivity index (χ3n) is 3.86. The van der Waals surface area contributed by atoms with Crippen LogP contribution in [0.25, 0.3) is 0 Å². The van der Waals surface area contributed by atoms with Crippen LogP contribution in [-0.4, -0.2) is 31.7 Å². The molecule has 25 heavy (non-hydrogen) atoms. The Morgan fingerprint density at radius 3 is 2.40 bits per heavy atom. The van der Waals surface area contributed by atoms with Gasteiger partial charge in [-0.2, -0.15) is 0 Å². The first-order chi connectivity index (χ1) is 11.4. The number of carboxylic acid groups (broad SMARTS) is 1. The van der Waals surface area contributed by atoms with E-state index in [1.165, 1.54) is 0 Å². The summed E-state index contributed by atoms with van der Waals surface area (Å²) in [6.45, 7) is 7.39. The van der Waals surface area contributed by atoms with Gasteiger partial charge in [0, 0.05) is 12.1 Å². The fourth-order valence-corrected chi connectivity index (χ4v) is 4.20. The number of amides is 1. The van der Waals surface area contributed by atoms with Crippen molar-refractivity contribution in [1.82, 2.24) is 10.0 Å². The van der Waals surface area contributed by atoms with E-state index in [2.05, 4.69) is 10.0 Å². The lowest BCUT2D eigenvalue weighted by atomic mass is 9.83. The molecule has 0 bridgehead atoms. The Bertz CT molecular complexity index is 719. The lowest BCUT2D eigenvalue weighted by Gasteiger charge is -2.33. The highest BCUT2D eigenvalue weighted by atomic mass is 35.5. The second-order valence-corrected chi connectivity index (χ2v) is 8.99. The minimum absolute atomic E-state index is 0.210. The molecule has 0 saturated carbocycles. The van der Waals surface area contributed by atoms with Crippen LogP contribution >= 0.6 is 11.6 Å². The summed E-state index contributed by atoms with van der Waals surface area (Å²) >= 11 is 5.84. The molecule has 0 fully saturated rings. The van der Waals surface area contributed by atoms with Crippen LogP contribution in [0.4, 0.5) is 9.18 Å². The van der Waals surface area contributed by atoms with E-state index in [1.54, 1.807) is 6.92 Å². The molecule has 9 heteroatoms. The molecule has 0 aromatic heterocycles. The van der Waals surface area contributed by atoms with Crippen molar-refractivity contribution in [3.8, 4) is 0 Å². The van der Waals surface area contributed by atoms with Gasteiger partial charge in [0.15, 0.2) is 0 Å². The average Bonchev–Trinajstić information content (AvgIpc) is 2.43. The maximum atomic E-state index is 13.1. The molecule has 0 heterocycles. The van der Waals surface area contributed by atoms with E-state index in [1.807, 2.05) is 20.8 Å². The lowest BCUT2D eigenvalue weighted by Crippen LogP contribution is -2.48. The molecule has 1 aromatic rings. The summed E-state index contributed by atoms with van der Waals surface area (Å²) < 4.78 is 40.7. The highest BCUT2D eigenvalue weighted by molar-refractivity contribution is 7.89. The van der Waals surface area contributed by atoms with Gasteiger partial charge >= 0.3 is 6.09 Å². The van der Waals surface area contributed by atoms with Crippen molar-refractivity contribution in [3.63, 3.8) is 0 Å². The van der Waals surface area contributed by atoms with Crippen molar-refractivity contribution in [2.75, 3.05) is 0 Å². The van der Waals surface area contributed by atoms with E-state index in [4.69, 9.17) is 16.7 Å². The van der Waals surface area contributed by atoms with Gasteiger partial charge in [-0.05, 0) is 36.5 Å². The molecule has 0 saturated heterocycles. The zero-order valence-electron chi connectivity index (χ0n) is 14.6. The van der Waals surface area contributed by atoms with Gasteiger partial charge in [-0.3, -0.25) is 0 Å². The van der Waals surface area contributed by atoms with Gasteiger partial charge in [0.1, 0.15) is 10.7 Å². The van der Waals surface area contributed by atoms with E-state index in [9.17, 15) is 17.6 Å². The number of hydrogen-bond donors (Lipinski definition) is 3. The molecule has 0 radical (unpaired) electrons. The van der Waals surface area contributed by atoms with Crippen molar-refractivity contribution in [2.45, 2.75) is 57.5 Å². The molecular weight excluding hydrogens is 371 g/mol. The minimum atomic E-state index is -3.96. The van der Waals surface area contributed by atoms with Crippen LogP contribution in [0.3, 0.4) is 0 Å². The highest BCUT2D eigenvalue weighted by Crippen LogP contribution is 2.26. The predicted octanol–water partition coefficient (Wildman–Crippen LogP) is 3.61. The zero-order chi connectivity index (χ0) is 19.4. The fraction of sp³-hybridized carbons (Fsp3) is 0.562. The molecule has 1 aromatic carbocycles. The SMILES string of the molecule is CCC(CC(NC(=O)O)C(C)(C)C)NS(=O)(=O)c1ccc(F)cc1Cl. The van der Waals surface area contributed by atoms with Gasteiger partial charge in [-0.15, -0.1) is 0 Å². The minimum Gasteiger partial charge on any atom is -0.465 e.